The second-order valence-electron chi connectivity index (χ2n) is 10.1. The molecular formula is C31H35N3O4. The van der Waals surface area contributed by atoms with Crippen molar-refractivity contribution in [2.45, 2.75) is 52.2 Å². The van der Waals surface area contributed by atoms with E-state index in [-0.39, 0.29) is 12.0 Å². The fourth-order valence-corrected chi connectivity index (χ4v) is 4.88. The van der Waals surface area contributed by atoms with Crippen molar-refractivity contribution >= 4 is 5.97 Å². The summed E-state index contributed by atoms with van der Waals surface area (Å²) in [6, 6.07) is 16.5. The van der Waals surface area contributed by atoms with Crippen LogP contribution >= 0.6 is 0 Å². The molecule has 0 amide bonds. The van der Waals surface area contributed by atoms with E-state index in [2.05, 4.69) is 54.2 Å². The summed E-state index contributed by atoms with van der Waals surface area (Å²) < 4.78 is 11.9. The molecule has 198 valence electrons. The third kappa shape index (κ3) is 5.66. The van der Waals surface area contributed by atoms with Crippen molar-refractivity contribution in [1.29, 1.82) is 5.26 Å². The maximum Gasteiger partial charge on any atom is 0.306 e. The van der Waals surface area contributed by atoms with Crippen molar-refractivity contribution in [2.75, 3.05) is 20.7 Å². The van der Waals surface area contributed by atoms with Gasteiger partial charge in [0.2, 0.25) is 5.88 Å². The lowest BCUT2D eigenvalue weighted by atomic mass is 9.87. The molecule has 7 nitrogen and oxygen atoms in total. The van der Waals surface area contributed by atoms with Crippen LogP contribution in [0, 0.1) is 17.2 Å². The number of aromatic nitrogens is 1. The van der Waals surface area contributed by atoms with E-state index >= 15 is 0 Å². The number of carboxylic acids is 1. The van der Waals surface area contributed by atoms with Crippen molar-refractivity contribution < 1.29 is 19.4 Å². The predicted molar refractivity (Wildman–Crippen MR) is 146 cm³/mol. The lowest BCUT2D eigenvalue weighted by Gasteiger charge is -2.29. The molecule has 1 unspecified atom stereocenters. The molecule has 38 heavy (non-hydrogen) atoms. The zero-order chi connectivity index (χ0) is 27.4. The van der Waals surface area contributed by atoms with Gasteiger partial charge in [0.15, 0.2) is 0 Å². The summed E-state index contributed by atoms with van der Waals surface area (Å²) in [6.45, 7) is 7.40. The van der Waals surface area contributed by atoms with Gasteiger partial charge in [-0.25, -0.2) is 4.98 Å². The Hall–Kier alpha value is -3.89. The molecule has 1 N–H and O–H groups in total. The van der Waals surface area contributed by atoms with E-state index in [1.165, 1.54) is 0 Å². The number of ether oxygens (including phenoxy) is 2. The first kappa shape index (κ1) is 27.2. The van der Waals surface area contributed by atoms with Crippen LogP contribution in [0.5, 0.6) is 11.6 Å². The summed E-state index contributed by atoms with van der Waals surface area (Å²) in [5, 5.41) is 19.2. The molecule has 2 heterocycles. The van der Waals surface area contributed by atoms with Crippen LogP contribution in [-0.4, -0.2) is 41.7 Å². The highest BCUT2D eigenvalue weighted by molar-refractivity contribution is 5.74. The van der Waals surface area contributed by atoms with Gasteiger partial charge < -0.3 is 19.5 Å². The van der Waals surface area contributed by atoms with Crippen LogP contribution in [-0.2, 0) is 17.8 Å². The lowest BCUT2D eigenvalue weighted by Crippen LogP contribution is -2.20. The first-order valence-corrected chi connectivity index (χ1v) is 13.0. The van der Waals surface area contributed by atoms with Gasteiger partial charge >= 0.3 is 5.97 Å². The fraction of sp³-hybridized carbons (Fsp3) is 0.387. The number of pyridine rings is 1. The van der Waals surface area contributed by atoms with E-state index in [1.54, 1.807) is 20.2 Å². The zero-order valence-electron chi connectivity index (χ0n) is 22.7. The summed E-state index contributed by atoms with van der Waals surface area (Å²) in [4.78, 5) is 17.9. The normalized spacial score (nSPS) is 16.2. The molecule has 0 saturated carbocycles. The Kier molecular flexibility index (Phi) is 8.33. The molecule has 0 fully saturated rings. The molecule has 0 radical (unpaired) electrons. The Morgan fingerprint density at radius 2 is 2.03 bits per heavy atom. The maximum absolute atomic E-state index is 11.5. The minimum Gasteiger partial charge on any atom is -0.485 e. The van der Waals surface area contributed by atoms with Crippen LogP contribution in [0.2, 0.25) is 0 Å². The van der Waals surface area contributed by atoms with E-state index in [1.807, 2.05) is 25.1 Å². The predicted octanol–water partition coefficient (Wildman–Crippen LogP) is 5.97. The zero-order valence-corrected chi connectivity index (χ0v) is 22.7. The van der Waals surface area contributed by atoms with Crippen molar-refractivity contribution in [2.24, 2.45) is 5.92 Å². The minimum atomic E-state index is -0.801. The van der Waals surface area contributed by atoms with Gasteiger partial charge in [-0.2, -0.15) is 5.26 Å². The van der Waals surface area contributed by atoms with Gasteiger partial charge in [0.1, 0.15) is 17.9 Å². The molecule has 0 aliphatic carbocycles. The topological polar surface area (TPSA) is 95.7 Å². The van der Waals surface area contributed by atoms with Crippen molar-refractivity contribution in [3.05, 3.63) is 76.5 Å². The molecule has 3 atom stereocenters. The number of aliphatic carboxylic acids is 1. The number of benzene rings is 2. The Labute approximate surface area is 224 Å². The van der Waals surface area contributed by atoms with Crippen LogP contribution in [0.1, 0.15) is 67.0 Å². The maximum atomic E-state index is 11.5. The monoisotopic (exact) mass is 513 g/mol. The number of nitrogens with zero attached hydrogens (tertiary/aromatic N) is 3. The average molecular weight is 514 g/mol. The lowest BCUT2D eigenvalue weighted by molar-refractivity contribution is -0.141. The van der Waals surface area contributed by atoms with Gasteiger partial charge in [-0.05, 0) is 66.2 Å². The van der Waals surface area contributed by atoms with Gasteiger partial charge in [0.25, 0.3) is 0 Å². The van der Waals surface area contributed by atoms with Crippen molar-refractivity contribution in [1.82, 2.24) is 9.88 Å². The number of hydrogen-bond donors (Lipinski definition) is 1. The second-order valence-corrected chi connectivity index (χ2v) is 10.1. The van der Waals surface area contributed by atoms with Crippen LogP contribution < -0.4 is 9.47 Å². The molecule has 7 heteroatoms. The Bertz CT molecular complexity index is 1360. The first-order valence-electron chi connectivity index (χ1n) is 13.0. The number of carbonyl (C=O) groups is 1. The highest BCUT2D eigenvalue weighted by Crippen LogP contribution is 2.39. The number of carboxylic acid groups (broad SMARTS) is 1. The number of methoxy groups -OCH3 is 1. The summed E-state index contributed by atoms with van der Waals surface area (Å²) >= 11 is 0. The van der Waals surface area contributed by atoms with E-state index in [0.717, 1.165) is 58.5 Å². The van der Waals surface area contributed by atoms with Gasteiger partial charge in [0, 0.05) is 24.4 Å². The molecule has 1 aliphatic rings. The molecule has 0 bridgehead atoms. The van der Waals surface area contributed by atoms with Crippen molar-refractivity contribution in [3.63, 3.8) is 0 Å². The molecule has 2 aromatic carbocycles. The summed E-state index contributed by atoms with van der Waals surface area (Å²) in [5.41, 5.74) is 6.56. The van der Waals surface area contributed by atoms with Gasteiger partial charge in [-0.1, -0.05) is 51.1 Å². The second kappa shape index (κ2) is 11.7. The van der Waals surface area contributed by atoms with E-state index in [0.29, 0.717) is 18.0 Å². The molecule has 1 aromatic heterocycles. The quantitative estimate of drug-likeness (QED) is 0.376. The number of rotatable bonds is 9. The minimum absolute atomic E-state index is 0.118. The molecular weight excluding hydrogens is 478 g/mol. The van der Waals surface area contributed by atoms with Gasteiger partial charge in [-0.15, -0.1) is 0 Å². The number of aryl methyl sites for hydroxylation is 1. The fourth-order valence-electron chi connectivity index (χ4n) is 4.88. The third-order valence-corrected chi connectivity index (χ3v) is 7.68. The van der Waals surface area contributed by atoms with Crippen molar-refractivity contribution in [3.8, 4) is 28.8 Å². The SMILES string of the molecule is CCN(C)Cc1cc(C2CCc3ccc([C@H](C)[C@H](C)C(=O)O)cc3O2)ccc1-c1cc(OC)ncc1C#N. The number of fused-ring (bicyclic) bond motifs is 1. The number of nitriles is 1. The third-order valence-electron chi connectivity index (χ3n) is 7.68. The smallest absolute Gasteiger partial charge is 0.306 e. The number of hydrogen-bond acceptors (Lipinski definition) is 6. The molecule has 0 saturated heterocycles. The van der Waals surface area contributed by atoms with Crippen LogP contribution in [0.4, 0.5) is 0 Å². The van der Waals surface area contributed by atoms with Gasteiger partial charge in [-0.3, -0.25) is 4.79 Å². The molecule has 0 spiro atoms. The molecule has 1 aliphatic heterocycles. The molecule has 4 rings (SSSR count). The Balaban J connectivity index is 1.69. The van der Waals surface area contributed by atoms with Crippen LogP contribution in [0.15, 0.2) is 48.7 Å². The highest BCUT2D eigenvalue weighted by atomic mass is 16.5. The average Bonchev–Trinajstić information content (AvgIpc) is 2.95. The van der Waals surface area contributed by atoms with Crippen LogP contribution in [0.25, 0.3) is 11.1 Å². The Morgan fingerprint density at radius 3 is 2.71 bits per heavy atom. The summed E-state index contributed by atoms with van der Waals surface area (Å²) in [6.07, 6.45) is 3.17. The summed E-state index contributed by atoms with van der Waals surface area (Å²) in [5.74, 6) is -0.116. The molecule has 3 aromatic rings. The highest BCUT2D eigenvalue weighted by Gasteiger charge is 2.26. The largest absolute Gasteiger partial charge is 0.485 e. The standard InChI is InChI=1S/C31H35N3O4/c1-6-34(4)18-24-13-23(9-11-26(24)27-15-30(37-5)33-17-25(27)16-32)28-12-10-21-7-8-22(14-29(21)38-28)19(2)20(3)31(35)36/h7-9,11,13-15,17,19-20,28H,6,10,12,18H2,1-5H3,(H,35,36)/t19-,20+,28?/m1/s1. The van der Waals surface area contributed by atoms with E-state index in [4.69, 9.17) is 9.47 Å². The van der Waals surface area contributed by atoms with E-state index in [9.17, 15) is 15.2 Å². The van der Waals surface area contributed by atoms with E-state index < -0.39 is 11.9 Å². The van der Waals surface area contributed by atoms with Gasteiger partial charge in [0.05, 0.1) is 18.6 Å². The first-order chi connectivity index (χ1) is 18.2. The summed E-state index contributed by atoms with van der Waals surface area (Å²) in [7, 11) is 3.64. The Morgan fingerprint density at radius 1 is 1.24 bits per heavy atom. The van der Waals surface area contributed by atoms with Crippen LogP contribution in [0.3, 0.4) is 0 Å².